The van der Waals surface area contributed by atoms with Gasteiger partial charge >= 0.3 is 24.4 Å². The van der Waals surface area contributed by atoms with Gasteiger partial charge in [0.1, 0.15) is 0 Å². The summed E-state index contributed by atoms with van der Waals surface area (Å²) in [5.74, 6) is 0. The minimum Gasteiger partial charge on any atom is -0.465 e. The Labute approximate surface area is 186 Å². The molecule has 0 bridgehead atoms. The molecule has 4 amide bonds. The highest BCUT2D eigenvalue weighted by molar-refractivity contribution is 9.09. The van der Waals surface area contributed by atoms with Gasteiger partial charge in [-0.1, -0.05) is 15.9 Å². The van der Waals surface area contributed by atoms with Crippen molar-refractivity contribution in [3.8, 4) is 0 Å². The highest BCUT2D eigenvalue weighted by atomic mass is 79.9. The molecule has 4 unspecified atom stereocenters. The molecule has 4 atom stereocenters. The molecule has 0 aromatic rings. The smallest absolute Gasteiger partial charge is 0.407 e. The molecule has 5 N–H and O–H groups in total. The number of rotatable bonds is 0. The Morgan fingerprint density at radius 1 is 0.774 bits per heavy atom. The largest absolute Gasteiger partial charge is 0.465 e. The summed E-state index contributed by atoms with van der Waals surface area (Å²) in [6.45, 7) is -0.0694. The van der Waals surface area contributed by atoms with E-state index in [1.54, 1.807) is 0 Å². The fraction of sp³-hybridized carbons (Fsp3) is 0.765. The van der Waals surface area contributed by atoms with Crippen LogP contribution in [0.5, 0.6) is 0 Å². The number of carboxylic acid groups (broad SMARTS) is 4. The molecular formula is C17H27BrN4O9. The average Bonchev–Trinajstić information content (AvgIpc) is 2.64. The highest BCUT2D eigenvalue weighted by Crippen LogP contribution is 2.40. The number of aliphatic hydroxyl groups is 1. The van der Waals surface area contributed by atoms with Crippen molar-refractivity contribution in [2.45, 2.75) is 42.3 Å². The Balaban J connectivity index is 2.55. The molecule has 1 saturated carbocycles. The van der Waals surface area contributed by atoms with Gasteiger partial charge in [-0.25, -0.2) is 19.2 Å². The van der Waals surface area contributed by atoms with Gasteiger partial charge in [-0.15, -0.1) is 0 Å². The average molecular weight is 511 g/mol. The predicted molar refractivity (Wildman–Crippen MR) is 109 cm³/mol. The van der Waals surface area contributed by atoms with Gasteiger partial charge in [-0.3, -0.25) is 4.90 Å². The Morgan fingerprint density at radius 3 is 1.71 bits per heavy atom. The molecule has 31 heavy (non-hydrogen) atoms. The van der Waals surface area contributed by atoms with Crippen LogP contribution in [0.4, 0.5) is 19.2 Å². The second kappa shape index (κ2) is 9.77. The first-order valence-electron chi connectivity index (χ1n) is 9.67. The van der Waals surface area contributed by atoms with Crippen molar-refractivity contribution in [3.63, 3.8) is 0 Å². The standard InChI is InChI=1S/C17H27BrN4O9/c1-17-11(8-10(18)9-12(17)23)21(15(28)29)6-4-19(13(24)25)2-3-20(14(26)27)5-7-22(17)16(30)31/h10-12,23H,2-9H2,1H3,(H,24,25)(H,26,27)(H,28,29)(H,30,31). The van der Waals surface area contributed by atoms with Gasteiger partial charge in [0, 0.05) is 44.1 Å². The molecule has 2 fully saturated rings. The maximum absolute atomic E-state index is 12.1. The fourth-order valence-corrected chi connectivity index (χ4v) is 5.01. The van der Waals surface area contributed by atoms with E-state index in [0.29, 0.717) is 0 Å². The number of fused-ring (bicyclic) bond motifs is 1. The van der Waals surface area contributed by atoms with E-state index in [0.717, 1.165) is 19.6 Å². The minimum absolute atomic E-state index is 0.161. The van der Waals surface area contributed by atoms with E-state index in [1.165, 1.54) is 6.92 Å². The molecule has 13 nitrogen and oxygen atoms in total. The predicted octanol–water partition coefficient (Wildman–Crippen LogP) is 0.966. The van der Waals surface area contributed by atoms with E-state index >= 15 is 0 Å². The van der Waals surface area contributed by atoms with Crippen molar-refractivity contribution in [1.29, 1.82) is 0 Å². The Morgan fingerprint density at radius 2 is 1.26 bits per heavy atom. The summed E-state index contributed by atoms with van der Waals surface area (Å²) in [6.07, 6.45) is -6.36. The van der Waals surface area contributed by atoms with E-state index in [1.807, 2.05) is 0 Å². The van der Waals surface area contributed by atoms with Gasteiger partial charge in [0.25, 0.3) is 0 Å². The topological polar surface area (TPSA) is 182 Å². The van der Waals surface area contributed by atoms with E-state index < -0.39 is 42.1 Å². The molecule has 0 aromatic carbocycles. The summed E-state index contributed by atoms with van der Waals surface area (Å²) in [5.41, 5.74) is -1.58. The third-order valence-corrected chi connectivity index (χ3v) is 6.87. The highest BCUT2D eigenvalue weighted by Gasteiger charge is 2.55. The monoisotopic (exact) mass is 510 g/mol. The Kier molecular flexibility index (Phi) is 7.81. The molecule has 0 aromatic heterocycles. The molecule has 1 aliphatic carbocycles. The number of hydrogen-bond donors (Lipinski definition) is 5. The van der Waals surface area contributed by atoms with Crippen LogP contribution in [0.2, 0.25) is 0 Å². The summed E-state index contributed by atoms with van der Waals surface area (Å²) in [7, 11) is 0. The van der Waals surface area contributed by atoms with Crippen LogP contribution in [-0.4, -0.2) is 131 Å². The molecule has 176 valence electrons. The SMILES string of the molecule is CC12C(O)CC(Br)CC1N(C(=O)O)CCN(C(=O)O)CCN(C(=O)O)CCN2C(=O)O. The first-order valence-corrected chi connectivity index (χ1v) is 10.6. The van der Waals surface area contributed by atoms with Crippen LogP contribution in [0, 0.1) is 0 Å². The quantitative estimate of drug-likeness (QED) is 0.296. The summed E-state index contributed by atoms with van der Waals surface area (Å²) in [4.78, 5) is 50.8. The molecule has 2 aliphatic rings. The maximum atomic E-state index is 12.1. The van der Waals surface area contributed by atoms with Crippen molar-refractivity contribution in [2.24, 2.45) is 0 Å². The van der Waals surface area contributed by atoms with Crippen LogP contribution < -0.4 is 0 Å². The van der Waals surface area contributed by atoms with Crippen LogP contribution in [0.3, 0.4) is 0 Å². The van der Waals surface area contributed by atoms with Gasteiger partial charge in [0.2, 0.25) is 0 Å². The van der Waals surface area contributed by atoms with Crippen molar-refractivity contribution >= 4 is 40.3 Å². The Hall–Kier alpha value is -2.48. The molecule has 0 radical (unpaired) electrons. The van der Waals surface area contributed by atoms with E-state index in [4.69, 9.17) is 0 Å². The number of aliphatic hydroxyl groups excluding tert-OH is 1. The summed E-state index contributed by atoms with van der Waals surface area (Å²) in [5, 5.41) is 49.5. The number of amides is 4. The van der Waals surface area contributed by atoms with Gasteiger partial charge in [0.15, 0.2) is 0 Å². The fourth-order valence-electron chi connectivity index (χ4n) is 4.31. The second-order valence-corrected chi connectivity index (χ2v) is 9.07. The zero-order valence-corrected chi connectivity index (χ0v) is 18.5. The molecule has 2 rings (SSSR count). The third kappa shape index (κ3) is 5.23. The van der Waals surface area contributed by atoms with E-state index in [9.17, 15) is 44.7 Å². The van der Waals surface area contributed by atoms with Crippen molar-refractivity contribution in [1.82, 2.24) is 19.6 Å². The van der Waals surface area contributed by atoms with Gasteiger partial charge in [-0.2, -0.15) is 0 Å². The summed E-state index contributed by atoms with van der Waals surface area (Å²) in [6, 6.07) is -0.998. The van der Waals surface area contributed by atoms with Crippen LogP contribution in [0.1, 0.15) is 19.8 Å². The van der Waals surface area contributed by atoms with Crippen LogP contribution in [0.25, 0.3) is 0 Å². The van der Waals surface area contributed by atoms with Crippen LogP contribution in [-0.2, 0) is 0 Å². The van der Waals surface area contributed by atoms with Crippen molar-refractivity contribution < 1.29 is 44.7 Å². The third-order valence-electron chi connectivity index (χ3n) is 6.13. The van der Waals surface area contributed by atoms with Gasteiger partial charge < -0.3 is 40.2 Å². The van der Waals surface area contributed by atoms with Crippen molar-refractivity contribution in [3.05, 3.63) is 0 Å². The zero-order valence-electron chi connectivity index (χ0n) is 16.9. The first kappa shape index (κ1) is 24.8. The molecular weight excluding hydrogens is 484 g/mol. The molecule has 1 heterocycles. The summed E-state index contributed by atoms with van der Waals surface area (Å²) >= 11 is 3.38. The van der Waals surface area contributed by atoms with Crippen molar-refractivity contribution in [2.75, 3.05) is 39.3 Å². The van der Waals surface area contributed by atoms with E-state index in [2.05, 4.69) is 15.9 Å². The maximum Gasteiger partial charge on any atom is 0.407 e. The lowest BCUT2D eigenvalue weighted by Gasteiger charge is -2.54. The second-order valence-electron chi connectivity index (χ2n) is 7.78. The van der Waals surface area contributed by atoms with Gasteiger partial charge in [-0.05, 0) is 19.8 Å². The molecule has 1 saturated heterocycles. The van der Waals surface area contributed by atoms with Crippen LogP contribution >= 0.6 is 15.9 Å². The van der Waals surface area contributed by atoms with E-state index in [-0.39, 0.29) is 56.9 Å². The lowest BCUT2D eigenvalue weighted by Crippen LogP contribution is -2.72. The molecule has 0 spiro atoms. The van der Waals surface area contributed by atoms with Gasteiger partial charge in [0.05, 0.1) is 17.7 Å². The number of alkyl halides is 1. The summed E-state index contributed by atoms with van der Waals surface area (Å²) < 4.78 is 0. The molecule has 14 heteroatoms. The molecule has 1 aliphatic heterocycles. The zero-order chi connectivity index (χ0) is 23.5. The number of hydrogen-bond acceptors (Lipinski definition) is 5. The number of halogens is 1. The lowest BCUT2D eigenvalue weighted by atomic mass is 9.74. The number of carbonyl (C=O) groups is 4. The minimum atomic E-state index is -1.58. The first-order chi connectivity index (χ1) is 14.4. The normalized spacial score (nSPS) is 30.6. The van der Waals surface area contributed by atoms with Crippen LogP contribution in [0.15, 0.2) is 0 Å². The Bertz CT molecular complexity index is 726. The lowest BCUT2D eigenvalue weighted by molar-refractivity contribution is -0.0840. The number of nitrogens with zero attached hydrogens (tertiary/aromatic N) is 4.